The molecule has 0 spiro atoms. The first-order chi connectivity index (χ1) is 27.8. The molecule has 0 unspecified atom stereocenters. The van der Waals surface area contributed by atoms with E-state index in [9.17, 15) is 0 Å². The number of benzene rings is 8. The van der Waals surface area contributed by atoms with Crippen molar-refractivity contribution in [2.45, 2.75) is 0 Å². The maximum atomic E-state index is 6.65. The van der Waals surface area contributed by atoms with E-state index < -0.39 is 0 Å². The van der Waals surface area contributed by atoms with E-state index in [1.165, 1.54) is 5.39 Å². The fourth-order valence-corrected chi connectivity index (χ4v) is 8.84. The molecule has 0 aliphatic carbocycles. The summed E-state index contributed by atoms with van der Waals surface area (Å²) in [6, 6.07) is 66.1. The Morgan fingerprint density at radius 3 is 1.79 bits per heavy atom. The van der Waals surface area contributed by atoms with Crippen molar-refractivity contribution in [2.24, 2.45) is 0 Å². The largest absolute Gasteiger partial charge is 0.455 e. The molecule has 0 N–H and O–H groups in total. The molecule has 12 aromatic rings. The first-order valence-electron chi connectivity index (χ1n) is 18.9. The van der Waals surface area contributed by atoms with Crippen molar-refractivity contribution in [1.29, 1.82) is 0 Å². The van der Waals surface area contributed by atoms with Crippen molar-refractivity contribution in [3.63, 3.8) is 0 Å². The van der Waals surface area contributed by atoms with Crippen molar-refractivity contribution in [2.75, 3.05) is 0 Å². The van der Waals surface area contributed by atoms with Crippen molar-refractivity contribution in [3.8, 4) is 39.8 Å². The molecular weight excluding hydrogens is 687 g/mol. The highest BCUT2D eigenvalue weighted by Gasteiger charge is 2.25. The average Bonchev–Trinajstić information content (AvgIpc) is 4.04. The molecular formula is C50H31N5O. The van der Waals surface area contributed by atoms with Gasteiger partial charge in [0.2, 0.25) is 0 Å². The molecule has 0 saturated carbocycles. The van der Waals surface area contributed by atoms with Gasteiger partial charge >= 0.3 is 0 Å². The molecule has 0 radical (unpaired) electrons. The number of furan rings is 1. The maximum absolute atomic E-state index is 6.65. The van der Waals surface area contributed by atoms with Gasteiger partial charge in [-0.1, -0.05) is 127 Å². The predicted octanol–water partition coefficient (Wildman–Crippen LogP) is 12.7. The molecule has 6 nitrogen and oxygen atoms in total. The van der Waals surface area contributed by atoms with E-state index in [0.29, 0.717) is 0 Å². The first kappa shape index (κ1) is 30.7. The lowest BCUT2D eigenvalue weighted by Crippen LogP contribution is -2.05. The number of hydrogen-bond acceptors (Lipinski definition) is 3. The highest BCUT2D eigenvalue weighted by molar-refractivity contribution is 6.24. The van der Waals surface area contributed by atoms with Crippen LogP contribution in [0.25, 0.3) is 105 Å². The van der Waals surface area contributed by atoms with E-state index in [1.807, 2.05) is 30.3 Å². The molecule has 8 aromatic carbocycles. The number of para-hydroxylation sites is 7. The summed E-state index contributed by atoms with van der Waals surface area (Å²) in [5.41, 5.74) is 11.2. The van der Waals surface area contributed by atoms with Gasteiger partial charge in [-0.3, -0.25) is 4.57 Å². The van der Waals surface area contributed by atoms with Gasteiger partial charge in [0.1, 0.15) is 11.2 Å². The lowest BCUT2D eigenvalue weighted by molar-refractivity contribution is 0.673. The Hall–Kier alpha value is -7.70. The van der Waals surface area contributed by atoms with Crippen LogP contribution in [0.5, 0.6) is 0 Å². The summed E-state index contributed by atoms with van der Waals surface area (Å²) in [5, 5.41) is 16.6. The van der Waals surface area contributed by atoms with Gasteiger partial charge in [-0.15, -0.1) is 10.2 Å². The van der Waals surface area contributed by atoms with Gasteiger partial charge in [0.25, 0.3) is 0 Å². The van der Waals surface area contributed by atoms with E-state index in [1.54, 1.807) is 0 Å². The lowest BCUT2D eigenvalue weighted by Gasteiger charge is -2.18. The second-order valence-corrected chi connectivity index (χ2v) is 14.2. The molecule has 262 valence electrons. The predicted molar refractivity (Wildman–Crippen MR) is 228 cm³/mol. The first-order valence-corrected chi connectivity index (χ1v) is 18.9. The molecule has 0 aliphatic rings. The Labute approximate surface area is 320 Å². The van der Waals surface area contributed by atoms with Crippen LogP contribution in [0, 0.1) is 0 Å². The van der Waals surface area contributed by atoms with E-state index in [4.69, 9.17) is 14.6 Å². The summed E-state index contributed by atoms with van der Waals surface area (Å²) in [6.45, 7) is 0. The normalized spacial score (nSPS) is 11.9. The van der Waals surface area contributed by atoms with Crippen LogP contribution in [-0.4, -0.2) is 23.9 Å². The van der Waals surface area contributed by atoms with Crippen LogP contribution in [0.1, 0.15) is 0 Å². The molecule has 12 rings (SSSR count). The molecule has 0 saturated heterocycles. The third kappa shape index (κ3) is 4.32. The van der Waals surface area contributed by atoms with Crippen molar-refractivity contribution >= 4 is 65.6 Å². The SMILES string of the molecule is c1ccc(-c2nnc(-c3cccc4c5ccccc5n(-c5ccccc5-n5c6ccccc6c6c7oc8ccccc8c7ccc65)c34)n2-c2ccccc2)cc1. The minimum absolute atomic E-state index is 0.770. The maximum Gasteiger partial charge on any atom is 0.171 e. The number of rotatable bonds is 5. The standard InChI is InChI=1S/C50H31N5O/c1-3-16-32(17-4-1)49-51-52-50(53(49)33-18-5-2-6-19-33)39-24-15-23-36-34-20-7-10-25-40(34)55(47(36)39)43-28-13-12-27-42(43)54-41-26-11-8-22-38(41)46-44(54)31-30-37-35-21-9-14-29-45(35)56-48(37)46/h1-31H. The third-order valence-corrected chi connectivity index (χ3v) is 11.2. The van der Waals surface area contributed by atoms with Crippen LogP contribution in [0.2, 0.25) is 0 Å². The summed E-state index contributed by atoms with van der Waals surface area (Å²) in [7, 11) is 0. The van der Waals surface area contributed by atoms with Gasteiger partial charge in [-0.25, -0.2) is 0 Å². The Morgan fingerprint density at radius 2 is 0.982 bits per heavy atom. The van der Waals surface area contributed by atoms with Crippen molar-refractivity contribution in [1.82, 2.24) is 23.9 Å². The molecule has 0 fully saturated rings. The molecule has 0 aliphatic heterocycles. The second-order valence-electron chi connectivity index (χ2n) is 14.2. The topological polar surface area (TPSA) is 53.7 Å². The van der Waals surface area contributed by atoms with Crippen LogP contribution in [0.3, 0.4) is 0 Å². The number of nitrogens with zero attached hydrogens (tertiary/aromatic N) is 5. The quantitative estimate of drug-likeness (QED) is 0.178. The Kier molecular flexibility index (Phi) is 6.53. The second kappa shape index (κ2) is 11.9. The summed E-state index contributed by atoms with van der Waals surface area (Å²) >= 11 is 0. The fraction of sp³-hybridized carbons (Fsp3) is 0. The lowest BCUT2D eigenvalue weighted by atomic mass is 10.1. The minimum Gasteiger partial charge on any atom is -0.455 e. The van der Waals surface area contributed by atoms with Crippen LogP contribution in [0.15, 0.2) is 192 Å². The van der Waals surface area contributed by atoms with Crippen LogP contribution in [0.4, 0.5) is 0 Å². The molecule has 4 heterocycles. The molecule has 4 aromatic heterocycles. The van der Waals surface area contributed by atoms with Gasteiger partial charge in [0, 0.05) is 43.7 Å². The van der Waals surface area contributed by atoms with Crippen LogP contribution < -0.4 is 0 Å². The zero-order chi connectivity index (χ0) is 36.7. The Morgan fingerprint density at radius 1 is 0.375 bits per heavy atom. The summed E-state index contributed by atoms with van der Waals surface area (Å²) in [5.74, 6) is 1.56. The molecule has 6 heteroatoms. The molecule has 0 atom stereocenters. The zero-order valence-corrected chi connectivity index (χ0v) is 30.0. The fourth-order valence-electron chi connectivity index (χ4n) is 8.84. The average molecular weight is 718 g/mol. The van der Waals surface area contributed by atoms with E-state index in [0.717, 1.165) is 100 Å². The number of fused-ring (bicyclic) bond motifs is 10. The zero-order valence-electron chi connectivity index (χ0n) is 30.0. The van der Waals surface area contributed by atoms with Gasteiger partial charge in [0.05, 0.1) is 38.8 Å². The molecule has 56 heavy (non-hydrogen) atoms. The van der Waals surface area contributed by atoms with E-state index >= 15 is 0 Å². The molecule has 0 bridgehead atoms. The van der Waals surface area contributed by atoms with Gasteiger partial charge < -0.3 is 13.6 Å². The van der Waals surface area contributed by atoms with E-state index in [-0.39, 0.29) is 0 Å². The number of hydrogen-bond donors (Lipinski definition) is 0. The summed E-state index contributed by atoms with van der Waals surface area (Å²) < 4.78 is 13.7. The highest BCUT2D eigenvalue weighted by Crippen LogP contribution is 2.44. The monoisotopic (exact) mass is 717 g/mol. The Balaban J connectivity index is 1.19. The smallest absolute Gasteiger partial charge is 0.171 e. The summed E-state index contributed by atoms with van der Waals surface area (Å²) in [4.78, 5) is 0. The van der Waals surface area contributed by atoms with Crippen molar-refractivity contribution in [3.05, 3.63) is 188 Å². The van der Waals surface area contributed by atoms with Crippen LogP contribution >= 0.6 is 0 Å². The minimum atomic E-state index is 0.770. The van der Waals surface area contributed by atoms with Gasteiger partial charge in [-0.05, 0) is 60.7 Å². The summed E-state index contributed by atoms with van der Waals surface area (Å²) in [6.07, 6.45) is 0. The molecule has 0 amide bonds. The number of aromatic nitrogens is 5. The van der Waals surface area contributed by atoms with Gasteiger partial charge in [-0.2, -0.15) is 0 Å². The van der Waals surface area contributed by atoms with Crippen molar-refractivity contribution < 1.29 is 4.42 Å². The van der Waals surface area contributed by atoms with E-state index in [2.05, 4.69) is 171 Å². The third-order valence-electron chi connectivity index (χ3n) is 11.2. The highest BCUT2D eigenvalue weighted by atomic mass is 16.3. The van der Waals surface area contributed by atoms with Crippen LogP contribution in [-0.2, 0) is 0 Å². The van der Waals surface area contributed by atoms with Gasteiger partial charge in [0.15, 0.2) is 11.6 Å². The Bertz CT molecular complexity index is 3480.